The van der Waals surface area contributed by atoms with Crippen LogP contribution in [0.3, 0.4) is 0 Å². The van der Waals surface area contributed by atoms with E-state index in [1.165, 1.54) is 38.5 Å². The van der Waals surface area contributed by atoms with Crippen LogP contribution in [0.5, 0.6) is 0 Å². The third-order valence-corrected chi connectivity index (χ3v) is 5.40. The van der Waals surface area contributed by atoms with Crippen molar-refractivity contribution in [2.45, 2.75) is 50.7 Å². The van der Waals surface area contributed by atoms with Crippen LogP contribution in [0.15, 0.2) is 12.2 Å². The van der Waals surface area contributed by atoms with Gasteiger partial charge in [0.1, 0.15) is 0 Å². The second-order valence-electron chi connectivity index (χ2n) is 5.77. The van der Waals surface area contributed by atoms with Crippen molar-refractivity contribution in [1.82, 2.24) is 0 Å². The van der Waals surface area contributed by atoms with Gasteiger partial charge in [0.2, 0.25) is 0 Å². The molecule has 0 aromatic carbocycles. The highest BCUT2D eigenvalue weighted by molar-refractivity contribution is 5.21. The van der Waals surface area contributed by atoms with E-state index in [-0.39, 0.29) is 0 Å². The largest absolute Gasteiger partial charge is 0.366 e. The number of hydrogen-bond acceptors (Lipinski definition) is 1. The Morgan fingerprint density at radius 3 is 2.71 bits per heavy atom. The zero-order chi connectivity index (χ0) is 9.17. The lowest BCUT2D eigenvalue weighted by Crippen LogP contribution is -2.38. The van der Waals surface area contributed by atoms with Crippen LogP contribution in [0.25, 0.3) is 0 Å². The average molecular weight is 190 g/mol. The predicted molar refractivity (Wildman–Crippen MR) is 54.9 cm³/mol. The molecular weight excluding hydrogens is 172 g/mol. The van der Waals surface area contributed by atoms with Gasteiger partial charge in [-0.2, -0.15) is 0 Å². The van der Waals surface area contributed by atoms with Crippen molar-refractivity contribution in [3.63, 3.8) is 0 Å². The van der Waals surface area contributed by atoms with Crippen molar-refractivity contribution in [3.05, 3.63) is 12.2 Å². The molecule has 0 amide bonds. The topological polar surface area (TPSA) is 9.23 Å². The molecule has 4 bridgehead atoms. The summed E-state index contributed by atoms with van der Waals surface area (Å²) in [5.74, 6) is 1.94. The van der Waals surface area contributed by atoms with Gasteiger partial charge in [-0.15, -0.1) is 0 Å². The van der Waals surface area contributed by atoms with Crippen LogP contribution in [0.4, 0.5) is 0 Å². The molecule has 3 aliphatic carbocycles. The normalized spacial score (nSPS) is 58.9. The lowest BCUT2D eigenvalue weighted by atomic mass is 9.62. The summed E-state index contributed by atoms with van der Waals surface area (Å²) in [7, 11) is 0. The lowest BCUT2D eigenvalue weighted by Gasteiger charge is -2.41. The van der Waals surface area contributed by atoms with Crippen LogP contribution < -0.4 is 0 Å². The maximum absolute atomic E-state index is 6.08. The van der Waals surface area contributed by atoms with Crippen LogP contribution >= 0.6 is 0 Å². The van der Waals surface area contributed by atoms with Gasteiger partial charge < -0.3 is 4.74 Å². The van der Waals surface area contributed by atoms with E-state index in [2.05, 4.69) is 12.2 Å². The van der Waals surface area contributed by atoms with Gasteiger partial charge in [0.15, 0.2) is 0 Å². The highest BCUT2D eigenvalue weighted by Gasteiger charge is 2.58. The monoisotopic (exact) mass is 190 g/mol. The fourth-order valence-corrected chi connectivity index (χ4v) is 4.59. The Morgan fingerprint density at radius 1 is 1.00 bits per heavy atom. The number of ether oxygens (including phenoxy) is 1. The van der Waals surface area contributed by atoms with Crippen molar-refractivity contribution in [2.75, 3.05) is 0 Å². The molecule has 4 fully saturated rings. The molecule has 0 aromatic heterocycles. The number of rotatable bonds is 0. The molecule has 2 aliphatic heterocycles. The van der Waals surface area contributed by atoms with Crippen molar-refractivity contribution in [3.8, 4) is 0 Å². The van der Waals surface area contributed by atoms with Crippen molar-refractivity contribution >= 4 is 0 Å². The molecule has 1 saturated heterocycles. The summed E-state index contributed by atoms with van der Waals surface area (Å²) in [5.41, 5.74) is 0.590. The van der Waals surface area contributed by atoms with E-state index in [1.807, 2.05) is 0 Å². The molecule has 5 rings (SSSR count). The Hall–Kier alpha value is -0.300. The molecule has 76 valence electrons. The van der Waals surface area contributed by atoms with Gasteiger partial charge in [0.05, 0.1) is 12.2 Å². The molecule has 3 saturated carbocycles. The van der Waals surface area contributed by atoms with E-state index in [4.69, 9.17) is 4.74 Å². The second-order valence-corrected chi connectivity index (χ2v) is 5.77. The van der Waals surface area contributed by atoms with E-state index in [0.717, 1.165) is 11.8 Å². The highest BCUT2D eigenvalue weighted by atomic mass is 16.5. The minimum absolute atomic E-state index is 0.497. The fraction of sp³-hybridized carbons (Fsp3) is 0.846. The Morgan fingerprint density at radius 2 is 1.86 bits per heavy atom. The summed E-state index contributed by atoms with van der Waals surface area (Å²) in [6, 6.07) is 0. The van der Waals surface area contributed by atoms with E-state index in [0.29, 0.717) is 17.6 Å². The lowest BCUT2D eigenvalue weighted by molar-refractivity contribution is 0.0511. The summed E-state index contributed by atoms with van der Waals surface area (Å²) in [6.07, 6.45) is 14.5. The number of hydrogen-bond donors (Lipinski definition) is 0. The van der Waals surface area contributed by atoms with E-state index >= 15 is 0 Å². The molecule has 1 nitrogen and oxygen atoms in total. The molecule has 0 N–H and O–H groups in total. The molecule has 3 atom stereocenters. The van der Waals surface area contributed by atoms with Crippen LogP contribution in [0.1, 0.15) is 38.5 Å². The SMILES string of the molecule is C1=C[C@H]2O[C@@H]1C13CCC(CC[C@H]21)CC3. The van der Waals surface area contributed by atoms with Crippen LogP contribution in [0.2, 0.25) is 0 Å². The molecule has 2 heterocycles. The third-order valence-electron chi connectivity index (χ3n) is 5.40. The first-order valence-electron chi connectivity index (χ1n) is 6.22. The number of fused-ring (bicyclic) bond motifs is 5. The molecule has 0 radical (unpaired) electrons. The Balaban J connectivity index is 1.81. The molecular formula is C13H18O. The predicted octanol–water partition coefficient (Wildman–Crippen LogP) is 2.91. The van der Waals surface area contributed by atoms with Gasteiger partial charge in [-0.25, -0.2) is 0 Å². The van der Waals surface area contributed by atoms with E-state index in [1.54, 1.807) is 0 Å². The minimum atomic E-state index is 0.497. The van der Waals surface area contributed by atoms with Crippen molar-refractivity contribution < 1.29 is 4.74 Å². The Kier molecular flexibility index (Phi) is 1.38. The van der Waals surface area contributed by atoms with E-state index in [9.17, 15) is 0 Å². The quantitative estimate of drug-likeness (QED) is 0.534. The van der Waals surface area contributed by atoms with Crippen LogP contribution in [0, 0.1) is 17.3 Å². The molecule has 1 spiro atoms. The maximum Gasteiger partial charge on any atom is 0.0824 e. The fourth-order valence-electron chi connectivity index (χ4n) is 4.59. The van der Waals surface area contributed by atoms with Crippen LogP contribution in [-0.4, -0.2) is 12.2 Å². The van der Waals surface area contributed by atoms with Gasteiger partial charge in [-0.3, -0.25) is 0 Å². The standard InChI is InChI=1S/C13H18O/c1-2-10-11-3-4-12(14-11)13(10)7-5-9(1)6-8-13/h3-4,9-12H,1-2,5-8H2/t9?,10-,11-,12+,13?/m1/s1. The van der Waals surface area contributed by atoms with E-state index < -0.39 is 0 Å². The minimum Gasteiger partial charge on any atom is -0.366 e. The summed E-state index contributed by atoms with van der Waals surface area (Å²) < 4.78 is 6.08. The molecule has 0 unspecified atom stereocenters. The molecule has 0 aromatic rings. The summed E-state index contributed by atoms with van der Waals surface area (Å²) in [4.78, 5) is 0. The summed E-state index contributed by atoms with van der Waals surface area (Å²) >= 11 is 0. The smallest absolute Gasteiger partial charge is 0.0824 e. The Labute approximate surface area is 85.5 Å². The van der Waals surface area contributed by atoms with Gasteiger partial charge in [0, 0.05) is 5.41 Å². The summed E-state index contributed by atoms with van der Waals surface area (Å²) in [6.45, 7) is 0. The summed E-state index contributed by atoms with van der Waals surface area (Å²) in [5, 5.41) is 0. The van der Waals surface area contributed by atoms with Crippen molar-refractivity contribution in [2.24, 2.45) is 17.3 Å². The zero-order valence-electron chi connectivity index (χ0n) is 8.61. The Bertz CT molecular complexity index is 283. The molecule has 1 heteroatoms. The first kappa shape index (κ1) is 7.92. The first-order chi connectivity index (χ1) is 6.88. The van der Waals surface area contributed by atoms with Crippen LogP contribution in [-0.2, 0) is 4.74 Å². The zero-order valence-corrected chi connectivity index (χ0v) is 8.61. The van der Waals surface area contributed by atoms with Gasteiger partial charge in [0.25, 0.3) is 0 Å². The first-order valence-corrected chi connectivity index (χ1v) is 6.22. The molecule has 14 heavy (non-hydrogen) atoms. The average Bonchev–Trinajstić information content (AvgIpc) is 2.68. The van der Waals surface area contributed by atoms with Crippen molar-refractivity contribution in [1.29, 1.82) is 0 Å². The van der Waals surface area contributed by atoms with Gasteiger partial charge in [-0.05, 0) is 43.9 Å². The third kappa shape index (κ3) is 0.770. The van der Waals surface area contributed by atoms with Gasteiger partial charge >= 0.3 is 0 Å². The molecule has 5 aliphatic rings. The highest BCUT2D eigenvalue weighted by Crippen LogP contribution is 2.61. The maximum atomic E-state index is 6.08. The van der Waals surface area contributed by atoms with Gasteiger partial charge in [-0.1, -0.05) is 18.6 Å². The second kappa shape index (κ2) is 2.44.